The van der Waals surface area contributed by atoms with Gasteiger partial charge in [0.15, 0.2) is 0 Å². The van der Waals surface area contributed by atoms with Gasteiger partial charge in [-0.15, -0.1) is 6.17 Å². The summed E-state index contributed by atoms with van der Waals surface area (Å²) in [5, 5.41) is 0. The molecule has 0 aromatic heterocycles. The first-order chi connectivity index (χ1) is 3.42. The Hall–Kier alpha value is 0.304. The second-order valence-electron chi connectivity index (χ2n) is 3.69. The first-order valence-corrected chi connectivity index (χ1v) is 9.18. The van der Waals surface area contributed by atoms with Gasteiger partial charge in [-0.3, -0.25) is 0 Å². The van der Waals surface area contributed by atoms with E-state index in [0.717, 1.165) is 0 Å². The Morgan fingerprint density at radius 1 is 1.38 bits per heavy atom. The van der Waals surface area contributed by atoms with Gasteiger partial charge in [0.1, 0.15) is 0 Å². The van der Waals surface area contributed by atoms with Gasteiger partial charge in [-0.1, -0.05) is 26.2 Å². The van der Waals surface area contributed by atoms with Crippen LogP contribution in [0.15, 0.2) is 0 Å². The number of hydrogen-bond donors (Lipinski definition) is 0. The normalized spacial score (nSPS) is 11.5. The van der Waals surface area contributed by atoms with E-state index < -0.39 is 8.07 Å². The fourth-order valence-corrected chi connectivity index (χ4v) is 8.15. The molecule has 48 valence electrons. The smallest absolute Gasteiger partial charge is 0.0447 e. The molecule has 0 nitrogen and oxygen atoms in total. The van der Waals surface area contributed by atoms with Gasteiger partial charge in [0.25, 0.3) is 0 Å². The summed E-state index contributed by atoms with van der Waals surface area (Å²) < 4.78 is 0. The summed E-state index contributed by atoms with van der Waals surface area (Å²) in [5.41, 5.74) is 1.46. The molecule has 8 heavy (non-hydrogen) atoms. The van der Waals surface area contributed by atoms with Crippen LogP contribution in [0.25, 0.3) is 0 Å². The van der Waals surface area contributed by atoms with Gasteiger partial charge in [-0.2, -0.15) is 0 Å². The largest absolute Gasteiger partial charge is 0.119 e. The summed E-state index contributed by atoms with van der Waals surface area (Å²) in [5.74, 6) is 0. The van der Waals surface area contributed by atoms with Gasteiger partial charge in [0, 0.05) is 8.07 Å². The summed E-state index contributed by atoms with van der Waals surface area (Å²) in [7, 11) is -0.918. The fourth-order valence-electron chi connectivity index (χ4n) is 0.905. The van der Waals surface area contributed by atoms with Crippen LogP contribution < -0.4 is 0 Å². The average Bonchev–Trinajstić information content (AvgIpc) is 1.21. The maximum Gasteiger partial charge on any atom is 0.0447 e. The third kappa shape index (κ3) is 6.30. The molecule has 0 aromatic carbocycles. The van der Waals surface area contributed by atoms with Crippen molar-refractivity contribution in [3.05, 3.63) is 0 Å². The topological polar surface area (TPSA) is 0 Å². The summed E-state index contributed by atoms with van der Waals surface area (Å²) in [6.07, 6.45) is 4.06. The number of rotatable bonds is 2. The Labute approximate surface area is 55.2 Å². The molecule has 0 fully saturated rings. The molecule has 0 aromatic rings. The van der Waals surface area contributed by atoms with Crippen LogP contribution in [0.4, 0.5) is 0 Å². The Morgan fingerprint density at radius 3 is 1.75 bits per heavy atom. The monoisotopic (exact) mass is 144 g/mol. The predicted octanol–water partition coefficient (Wildman–Crippen LogP) is 2.00. The third-order valence-electron chi connectivity index (χ3n) is 0.832. The molecule has 0 spiro atoms. The molecule has 2 heteroatoms. The van der Waals surface area contributed by atoms with Gasteiger partial charge in [-0.05, 0) is 14.1 Å². The zero-order valence-electron chi connectivity index (χ0n) is 6.41. The minimum Gasteiger partial charge on any atom is -0.119 e. The average molecular weight is 144 g/mol. The lowest BCUT2D eigenvalue weighted by atomic mass is 11.7. The molecular formula is C6H16Si2. The summed E-state index contributed by atoms with van der Waals surface area (Å²) in [6, 6.07) is 0. The highest BCUT2D eigenvalue weighted by Gasteiger charge is 2.11. The molecule has 0 heterocycles. The molecule has 0 N–H and O–H groups in total. The lowest BCUT2D eigenvalue weighted by Gasteiger charge is -2.13. The highest BCUT2D eigenvalue weighted by Crippen LogP contribution is 2.06. The second-order valence-corrected chi connectivity index (χ2v) is 12.1. The summed E-state index contributed by atoms with van der Waals surface area (Å²) >= 11 is 0. The molecule has 0 aliphatic heterocycles. The van der Waals surface area contributed by atoms with Gasteiger partial charge in [-0.25, -0.2) is 0 Å². The van der Waals surface area contributed by atoms with Crippen LogP contribution in [0, 0.1) is 0 Å². The lowest BCUT2D eigenvalue weighted by molar-refractivity contribution is 1.62. The van der Waals surface area contributed by atoms with E-state index in [1.807, 2.05) is 0 Å². The van der Waals surface area contributed by atoms with Crippen molar-refractivity contribution in [3.8, 4) is 0 Å². The van der Waals surface area contributed by atoms with Crippen molar-refractivity contribution in [2.75, 3.05) is 0 Å². The van der Waals surface area contributed by atoms with Crippen LogP contribution in [-0.4, -0.2) is 22.7 Å². The minimum atomic E-state index is -0.738. The zero-order chi connectivity index (χ0) is 6.78. The van der Waals surface area contributed by atoms with Crippen molar-refractivity contribution in [1.29, 1.82) is 0 Å². The molecule has 0 unspecified atom stereocenters. The van der Waals surface area contributed by atoms with Crippen LogP contribution in [0.2, 0.25) is 31.9 Å². The van der Waals surface area contributed by atoms with Gasteiger partial charge < -0.3 is 0 Å². The van der Waals surface area contributed by atoms with Crippen molar-refractivity contribution >= 4 is 22.7 Å². The molecule has 0 amide bonds. The van der Waals surface area contributed by atoms with Crippen molar-refractivity contribution in [3.63, 3.8) is 0 Å². The van der Waals surface area contributed by atoms with E-state index in [0.29, 0.717) is 0 Å². The molecule has 0 atom stereocenters. The van der Waals surface area contributed by atoms with Crippen LogP contribution in [-0.2, 0) is 0 Å². The molecule has 0 aliphatic rings. The Balaban J connectivity index is 3.55. The molecule has 0 aliphatic carbocycles. The molecule has 0 saturated heterocycles. The maximum absolute atomic E-state index is 4.06. The third-order valence-corrected chi connectivity index (χ3v) is 7.49. The summed E-state index contributed by atoms with van der Waals surface area (Å²) in [4.78, 5) is 0. The maximum atomic E-state index is 4.06. The summed E-state index contributed by atoms with van der Waals surface area (Å²) in [6.45, 7) is 9.52. The van der Waals surface area contributed by atoms with Crippen LogP contribution in [0.1, 0.15) is 0 Å². The highest BCUT2D eigenvalue weighted by molar-refractivity contribution is 6.87. The highest BCUT2D eigenvalue weighted by atomic mass is 28.4. The Morgan fingerprint density at radius 2 is 1.75 bits per heavy atom. The lowest BCUT2D eigenvalue weighted by Crippen LogP contribution is -2.23. The number of hydrogen-bond acceptors (Lipinski definition) is 0. The predicted molar refractivity (Wildman–Crippen MR) is 46.9 cm³/mol. The van der Waals surface area contributed by atoms with Crippen LogP contribution in [0.3, 0.4) is 0 Å². The van der Waals surface area contributed by atoms with E-state index in [2.05, 4.69) is 32.4 Å². The SMILES string of the molecule is C=[Si](C)C[Si](C)(C)C. The first kappa shape index (κ1) is 8.30. The molecular weight excluding hydrogens is 128 g/mol. The fraction of sp³-hybridized carbons (Fsp3) is 0.833. The standard InChI is InChI=1S/C6H16Si2/c1-7(2)6-8(3,4)5/h1,6H2,2-5H3. The Bertz CT molecular complexity index is 89.2. The first-order valence-electron chi connectivity index (χ1n) is 3.06. The molecule has 0 saturated carbocycles. The van der Waals surface area contributed by atoms with Gasteiger partial charge in [0.05, 0.1) is 0 Å². The van der Waals surface area contributed by atoms with Gasteiger partial charge >= 0.3 is 0 Å². The van der Waals surface area contributed by atoms with Crippen molar-refractivity contribution in [2.24, 2.45) is 0 Å². The van der Waals surface area contributed by atoms with Crippen molar-refractivity contribution < 1.29 is 0 Å². The van der Waals surface area contributed by atoms with E-state index in [1.165, 1.54) is 5.67 Å². The second kappa shape index (κ2) is 2.73. The zero-order valence-corrected chi connectivity index (χ0v) is 8.41. The van der Waals surface area contributed by atoms with Crippen LogP contribution >= 0.6 is 0 Å². The molecule has 0 bridgehead atoms. The quantitative estimate of drug-likeness (QED) is 0.520. The Kier molecular flexibility index (Phi) is 2.84. The van der Waals surface area contributed by atoms with E-state index in [1.54, 1.807) is 0 Å². The molecule has 0 radical (unpaired) electrons. The van der Waals surface area contributed by atoms with E-state index in [9.17, 15) is 0 Å². The van der Waals surface area contributed by atoms with E-state index in [4.69, 9.17) is 0 Å². The van der Waals surface area contributed by atoms with Crippen molar-refractivity contribution in [1.82, 2.24) is 0 Å². The minimum absolute atomic E-state index is 0.180. The molecule has 0 rings (SSSR count). The van der Waals surface area contributed by atoms with E-state index in [-0.39, 0.29) is 8.41 Å². The van der Waals surface area contributed by atoms with Crippen LogP contribution in [0.5, 0.6) is 0 Å². The van der Waals surface area contributed by atoms with Crippen molar-refractivity contribution in [2.45, 2.75) is 31.9 Å². The van der Waals surface area contributed by atoms with E-state index >= 15 is 0 Å². The van der Waals surface area contributed by atoms with Gasteiger partial charge in [0.2, 0.25) is 0 Å².